The fraction of sp³-hybridized carbons (Fsp3) is 0.333. The number of rotatable bonds is 1. The molecule has 1 aromatic carbocycles. The van der Waals surface area contributed by atoms with Gasteiger partial charge in [0.25, 0.3) is 0 Å². The second-order valence-electron chi connectivity index (χ2n) is 4.76. The van der Waals surface area contributed by atoms with E-state index in [4.69, 9.17) is 0 Å². The quantitative estimate of drug-likeness (QED) is 0.670. The van der Waals surface area contributed by atoms with Crippen LogP contribution in [-0.4, -0.2) is 11.9 Å². The van der Waals surface area contributed by atoms with Crippen LogP contribution in [0, 0.1) is 11.2 Å². The average molecular weight is 253 g/mol. The van der Waals surface area contributed by atoms with Crippen molar-refractivity contribution in [2.75, 3.05) is 5.32 Å². The number of hydrogen-bond donors (Lipinski definition) is 3. The van der Waals surface area contributed by atoms with Crippen molar-refractivity contribution < 1.29 is 14.0 Å². The van der Waals surface area contributed by atoms with Gasteiger partial charge >= 0.3 is 6.03 Å². The minimum absolute atomic E-state index is 0.0417. The van der Waals surface area contributed by atoms with Gasteiger partial charge in [-0.2, -0.15) is 0 Å². The molecule has 0 heterocycles. The van der Waals surface area contributed by atoms with Crippen molar-refractivity contribution in [1.29, 1.82) is 0 Å². The van der Waals surface area contributed by atoms with E-state index in [-0.39, 0.29) is 11.6 Å². The molecule has 0 fully saturated rings. The van der Waals surface area contributed by atoms with Gasteiger partial charge in [-0.1, -0.05) is 32.9 Å². The highest BCUT2D eigenvalue weighted by molar-refractivity contribution is 5.91. The number of urea groups is 1. The fourth-order valence-electron chi connectivity index (χ4n) is 1.02. The summed E-state index contributed by atoms with van der Waals surface area (Å²) in [7, 11) is 0. The van der Waals surface area contributed by atoms with E-state index in [1.54, 1.807) is 26.8 Å². The summed E-state index contributed by atoms with van der Waals surface area (Å²) in [5.41, 5.74) is 3.81. The summed E-state index contributed by atoms with van der Waals surface area (Å²) in [6, 6.07) is 5.04. The third-order valence-electron chi connectivity index (χ3n) is 2.09. The highest BCUT2D eigenvalue weighted by atomic mass is 19.1. The van der Waals surface area contributed by atoms with Gasteiger partial charge < -0.3 is 5.32 Å². The Morgan fingerprint density at radius 1 is 1.11 bits per heavy atom. The standard InChI is InChI=1S/C12H16FN3O2/c1-12(2,3)10(17)15-16-11(18)14-9-7-5-4-6-8(9)13/h4-7H,1-3H3,(H,15,17)(H2,14,16,18). The number of hydrazine groups is 1. The summed E-state index contributed by atoms with van der Waals surface area (Å²) in [6.45, 7) is 5.12. The van der Waals surface area contributed by atoms with Crippen LogP contribution in [0.5, 0.6) is 0 Å². The Morgan fingerprint density at radius 3 is 2.28 bits per heavy atom. The number of anilines is 1. The first-order chi connectivity index (χ1) is 8.30. The number of amides is 3. The zero-order chi connectivity index (χ0) is 13.8. The van der Waals surface area contributed by atoms with Crippen LogP contribution < -0.4 is 16.2 Å². The maximum Gasteiger partial charge on any atom is 0.338 e. The third kappa shape index (κ3) is 4.04. The maximum atomic E-state index is 13.2. The number of halogens is 1. The Morgan fingerprint density at radius 2 is 1.72 bits per heavy atom. The zero-order valence-electron chi connectivity index (χ0n) is 10.5. The Balaban J connectivity index is 2.49. The molecule has 1 aromatic rings. The molecule has 3 amide bonds. The molecule has 1 rings (SSSR count). The van der Waals surface area contributed by atoms with Gasteiger partial charge in [0.05, 0.1) is 5.69 Å². The van der Waals surface area contributed by atoms with E-state index in [2.05, 4.69) is 16.2 Å². The number of para-hydroxylation sites is 1. The van der Waals surface area contributed by atoms with Crippen LogP contribution in [0.4, 0.5) is 14.9 Å². The van der Waals surface area contributed by atoms with E-state index < -0.39 is 17.3 Å². The number of nitrogens with one attached hydrogen (secondary N) is 3. The Labute approximate surface area is 105 Å². The van der Waals surface area contributed by atoms with Crippen molar-refractivity contribution in [3.05, 3.63) is 30.1 Å². The van der Waals surface area contributed by atoms with E-state index in [0.717, 1.165) is 0 Å². The predicted molar refractivity (Wildman–Crippen MR) is 66.2 cm³/mol. The van der Waals surface area contributed by atoms with Gasteiger partial charge in [-0.25, -0.2) is 14.6 Å². The largest absolute Gasteiger partial charge is 0.338 e. The van der Waals surface area contributed by atoms with Crippen molar-refractivity contribution in [3.8, 4) is 0 Å². The van der Waals surface area contributed by atoms with Gasteiger partial charge in [-0.3, -0.25) is 10.2 Å². The number of benzene rings is 1. The van der Waals surface area contributed by atoms with Gasteiger partial charge in [0, 0.05) is 5.41 Å². The molecule has 0 aromatic heterocycles. The second-order valence-corrected chi connectivity index (χ2v) is 4.76. The van der Waals surface area contributed by atoms with Crippen LogP contribution in [0.25, 0.3) is 0 Å². The molecule has 0 saturated heterocycles. The lowest BCUT2D eigenvalue weighted by molar-refractivity contribution is -0.129. The summed E-state index contributed by atoms with van der Waals surface area (Å²) < 4.78 is 13.2. The molecule has 3 N–H and O–H groups in total. The van der Waals surface area contributed by atoms with E-state index in [0.29, 0.717) is 0 Å². The first kappa shape index (κ1) is 14.0. The maximum absolute atomic E-state index is 13.2. The van der Waals surface area contributed by atoms with Crippen LogP contribution in [0.15, 0.2) is 24.3 Å². The van der Waals surface area contributed by atoms with Crippen LogP contribution in [0.3, 0.4) is 0 Å². The first-order valence-electron chi connectivity index (χ1n) is 5.42. The monoisotopic (exact) mass is 253 g/mol. The highest BCUT2D eigenvalue weighted by Crippen LogP contribution is 2.12. The minimum atomic E-state index is -0.710. The van der Waals surface area contributed by atoms with E-state index in [1.165, 1.54) is 18.2 Å². The van der Waals surface area contributed by atoms with Crippen LogP contribution >= 0.6 is 0 Å². The molecule has 5 nitrogen and oxygen atoms in total. The molecule has 98 valence electrons. The van der Waals surface area contributed by atoms with E-state index in [1.807, 2.05) is 0 Å². The van der Waals surface area contributed by atoms with Crippen molar-refractivity contribution in [3.63, 3.8) is 0 Å². The van der Waals surface area contributed by atoms with E-state index in [9.17, 15) is 14.0 Å². The minimum Gasteiger partial charge on any atom is -0.304 e. The molecule has 0 saturated carbocycles. The van der Waals surface area contributed by atoms with Gasteiger partial charge in [-0.05, 0) is 12.1 Å². The zero-order valence-corrected chi connectivity index (χ0v) is 10.5. The van der Waals surface area contributed by atoms with Gasteiger partial charge in [0.1, 0.15) is 5.82 Å². The molecule has 0 aliphatic rings. The number of carbonyl (C=O) groups excluding carboxylic acids is 2. The third-order valence-corrected chi connectivity index (χ3v) is 2.09. The fourth-order valence-corrected chi connectivity index (χ4v) is 1.02. The molecule has 0 atom stereocenters. The molecule has 0 unspecified atom stereocenters. The molecular formula is C12H16FN3O2. The predicted octanol–water partition coefficient (Wildman–Crippen LogP) is 2.02. The van der Waals surface area contributed by atoms with Gasteiger partial charge in [0.2, 0.25) is 5.91 Å². The topological polar surface area (TPSA) is 70.2 Å². The summed E-state index contributed by atoms with van der Waals surface area (Å²) in [5.74, 6) is -0.888. The molecule has 0 bridgehead atoms. The molecule has 0 spiro atoms. The summed E-state index contributed by atoms with van der Waals surface area (Å²) in [4.78, 5) is 22.9. The Kier molecular flexibility index (Phi) is 4.25. The molecule has 6 heteroatoms. The molecule has 0 aliphatic heterocycles. The summed E-state index contributed by atoms with van der Waals surface area (Å²) in [5, 5.41) is 2.28. The second kappa shape index (κ2) is 5.48. The lowest BCUT2D eigenvalue weighted by Gasteiger charge is -2.18. The smallest absolute Gasteiger partial charge is 0.304 e. The SMILES string of the molecule is CC(C)(C)C(=O)NNC(=O)Nc1ccccc1F. The van der Waals surface area contributed by atoms with Crippen LogP contribution in [0.2, 0.25) is 0 Å². The summed E-state index contributed by atoms with van der Waals surface area (Å²) in [6.07, 6.45) is 0. The summed E-state index contributed by atoms with van der Waals surface area (Å²) >= 11 is 0. The molecule has 0 aliphatic carbocycles. The molecule has 18 heavy (non-hydrogen) atoms. The highest BCUT2D eigenvalue weighted by Gasteiger charge is 2.21. The first-order valence-corrected chi connectivity index (χ1v) is 5.42. The van der Waals surface area contributed by atoms with Crippen LogP contribution in [0.1, 0.15) is 20.8 Å². The van der Waals surface area contributed by atoms with Gasteiger partial charge in [-0.15, -0.1) is 0 Å². The van der Waals surface area contributed by atoms with Crippen LogP contribution in [-0.2, 0) is 4.79 Å². The molecular weight excluding hydrogens is 237 g/mol. The van der Waals surface area contributed by atoms with Crippen molar-refractivity contribution in [2.24, 2.45) is 5.41 Å². The number of carbonyl (C=O) groups is 2. The van der Waals surface area contributed by atoms with Gasteiger partial charge in [0.15, 0.2) is 0 Å². The normalized spacial score (nSPS) is 10.7. The number of hydrogen-bond acceptors (Lipinski definition) is 2. The van der Waals surface area contributed by atoms with Crippen molar-refractivity contribution in [2.45, 2.75) is 20.8 Å². The Hall–Kier alpha value is -2.11. The van der Waals surface area contributed by atoms with E-state index >= 15 is 0 Å². The van der Waals surface area contributed by atoms with Crippen molar-refractivity contribution in [1.82, 2.24) is 10.9 Å². The average Bonchev–Trinajstić information content (AvgIpc) is 2.27. The molecule has 0 radical (unpaired) electrons. The van der Waals surface area contributed by atoms with Crippen molar-refractivity contribution >= 4 is 17.6 Å². The lowest BCUT2D eigenvalue weighted by atomic mass is 9.96. The lowest BCUT2D eigenvalue weighted by Crippen LogP contribution is -2.48. The Bertz CT molecular complexity index is 455.